The Labute approximate surface area is 76.9 Å². The third-order valence-corrected chi connectivity index (χ3v) is 1.97. The number of amidine groups is 1. The SMILES string of the molecule is Cc1nccn1C(C)CC(N)=NO. The minimum atomic E-state index is 0.165. The summed E-state index contributed by atoms with van der Waals surface area (Å²) in [7, 11) is 0. The molecule has 3 N–H and O–H groups in total. The van der Waals surface area contributed by atoms with E-state index in [2.05, 4.69) is 10.1 Å². The average Bonchev–Trinajstić information content (AvgIpc) is 2.51. The lowest BCUT2D eigenvalue weighted by Crippen LogP contribution is -2.18. The van der Waals surface area contributed by atoms with Crippen LogP contribution in [0.5, 0.6) is 0 Å². The molecule has 5 nitrogen and oxygen atoms in total. The van der Waals surface area contributed by atoms with Crippen LogP contribution in [0.2, 0.25) is 0 Å². The number of oxime groups is 1. The van der Waals surface area contributed by atoms with Gasteiger partial charge in [0, 0.05) is 24.9 Å². The highest BCUT2D eigenvalue weighted by Crippen LogP contribution is 2.11. The van der Waals surface area contributed by atoms with Crippen LogP contribution < -0.4 is 5.73 Å². The largest absolute Gasteiger partial charge is 0.409 e. The van der Waals surface area contributed by atoms with E-state index < -0.39 is 0 Å². The lowest BCUT2D eigenvalue weighted by molar-refractivity contribution is 0.315. The molecule has 5 heteroatoms. The molecule has 1 heterocycles. The van der Waals surface area contributed by atoms with Gasteiger partial charge in [-0.25, -0.2) is 4.98 Å². The van der Waals surface area contributed by atoms with Crippen molar-refractivity contribution < 1.29 is 5.21 Å². The lowest BCUT2D eigenvalue weighted by Gasteiger charge is -2.13. The normalized spacial score (nSPS) is 14.5. The first kappa shape index (κ1) is 9.57. The summed E-state index contributed by atoms with van der Waals surface area (Å²) in [6.45, 7) is 3.91. The third-order valence-electron chi connectivity index (χ3n) is 1.97. The molecule has 0 aliphatic carbocycles. The van der Waals surface area contributed by atoms with E-state index >= 15 is 0 Å². The zero-order valence-electron chi connectivity index (χ0n) is 7.81. The minimum Gasteiger partial charge on any atom is -0.409 e. The highest BCUT2D eigenvalue weighted by molar-refractivity contribution is 5.79. The van der Waals surface area contributed by atoms with Crippen molar-refractivity contribution in [2.24, 2.45) is 10.9 Å². The molecular weight excluding hydrogens is 168 g/mol. The number of hydrogen-bond donors (Lipinski definition) is 2. The molecule has 72 valence electrons. The molecule has 0 bridgehead atoms. The van der Waals surface area contributed by atoms with Crippen LogP contribution in [-0.4, -0.2) is 20.6 Å². The van der Waals surface area contributed by atoms with Gasteiger partial charge in [0.15, 0.2) is 0 Å². The summed E-state index contributed by atoms with van der Waals surface area (Å²) in [5.41, 5.74) is 5.40. The topological polar surface area (TPSA) is 76.4 Å². The van der Waals surface area contributed by atoms with E-state index in [1.54, 1.807) is 6.20 Å². The van der Waals surface area contributed by atoms with Crippen LogP contribution in [0, 0.1) is 6.92 Å². The maximum Gasteiger partial charge on any atom is 0.141 e. The molecular formula is C8H14N4O. The van der Waals surface area contributed by atoms with E-state index in [4.69, 9.17) is 10.9 Å². The molecule has 0 radical (unpaired) electrons. The Kier molecular flexibility index (Phi) is 2.89. The van der Waals surface area contributed by atoms with Crippen molar-refractivity contribution in [2.45, 2.75) is 26.3 Å². The second-order valence-corrected chi connectivity index (χ2v) is 3.03. The first-order valence-corrected chi connectivity index (χ1v) is 4.11. The quantitative estimate of drug-likeness (QED) is 0.315. The van der Waals surface area contributed by atoms with E-state index in [-0.39, 0.29) is 11.9 Å². The van der Waals surface area contributed by atoms with Crippen molar-refractivity contribution in [3.63, 3.8) is 0 Å². The van der Waals surface area contributed by atoms with Crippen molar-refractivity contribution in [3.8, 4) is 0 Å². The van der Waals surface area contributed by atoms with Gasteiger partial charge in [0.1, 0.15) is 11.7 Å². The van der Waals surface area contributed by atoms with Gasteiger partial charge in [-0.1, -0.05) is 5.16 Å². The Bertz CT molecular complexity index is 305. The summed E-state index contributed by atoms with van der Waals surface area (Å²) in [6.07, 6.45) is 4.14. The number of aromatic nitrogens is 2. The van der Waals surface area contributed by atoms with Crippen molar-refractivity contribution in [2.75, 3.05) is 0 Å². The number of nitrogens with two attached hydrogens (primary N) is 1. The molecule has 0 saturated heterocycles. The fourth-order valence-electron chi connectivity index (χ4n) is 1.30. The van der Waals surface area contributed by atoms with Crippen LogP contribution in [0.1, 0.15) is 25.2 Å². The molecule has 0 aliphatic rings. The highest BCUT2D eigenvalue weighted by atomic mass is 16.4. The predicted molar refractivity (Wildman–Crippen MR) is 49.7 cm³/mol. The van der Waals surface area contributed by atoms with Gasteiger partial charge in [-0.05, 0) is 13.8 Å². The molecule has 0 amide bonds. The van der Waals surface area contributed by atoms with E-state index in [9.17, 15) is 0 Å². The standard InChI is InChI=1S/C8H14N4O/c1-6(5-8(9)11-13)12-4-3-10-7(12)2/h3-4,6,13H,5H2,1-2H3,(H2,9,11). The summed E-state index contributed by atoms with van der Waals surface area (Å²) in [4.78, 5) is 4.09. The lowest BCUT2D eigenvalue weighted by atomic mass is 10.2. The number of rotatable bonds is 3. The Hall–Kier alpha value is -1.52. The van der Waals surface area contributed by atoms with Gasteiger partial charge >= 0.3 is 0 Å². The zero-order valence-corrected chi connectivity index (χ0v) is 7.81. The van der Waals surface area contributed by atoms with Crippen molar-refractivity contribution in [3.05, 3.63) is 18.2 Å². The fraction of sp³-hybridized carbons (Fsp3) is 0.500. The molecule has 1 aromatic rings. The molecule has 0 fully saturated rings. The Balaban J connectivity index is 2.69. The van der Waals surface area contributed by atoms with Gasteiger partial charge in [0.05, 0.1) is 0 Å². The Morgan fingerprint density at radius 1 is 1.85 bits per heavy atom. The molecule has 0 aromatic carbocycles. The first-order chi connectivity index (χ1) is 6.15. The molecule has 0 spiro atoms. The fourth-order valence-corrected chi connectivity index (χ4v) is 1.30. The van der Waals surface area contributed by atoms with Crippen molar-refractivity contribution in [1.29, 1.82) is 0 Å². The van der Waals surface area contributed by atoms with Gasteiger partial charge in [0.25, 0.3) is 0 Å². The van der Waals surface area contributed by atoms with E-state index in [1.807, 2.05) is 24.6 Å². The molecule has 0 aliphatic heterocycles. The van der Waals surface area contributed by atoms with E-state index in [0.29, 0.717) is 6.42 Å². The van der Waals surface area contributed by atoms with Gasteiger partial charge < -0.3 is 15.5 Å². The smallest absolute Gasteiger partial charge is 0.141 e. The molecule has 1 unspecified atom stereocenters. The van der Waals surface area contributed by atoms with Gasteiger partial charge in [-0.15, -0.1) is 0 Å². The van der Waals surface area contributed by atoms with Crippen molar-refractivity contribution in [1.82, 2.24) is 9.55 Å². The zero-order chi connectivity index (χ0) is 9.84. The van der Waals surface area contributed by atoms with Crippen LogP contribution in [0.15, 0.2) is 17.5 Å². The van der Waals surface area contributed by atoms with Crippen LogP contribution in [0.4, 0.5) is 0 Å². The Morgan fingerprint density at radius 3 is 3.00 bits per heavy atom. The van der Waals surface area contributed by atoms with Crippen LogP contribution in [-0.2, 0) is 0 Å². The third kappa shape index (κ3) is 2.21. The van der Waals surface area contributed by atoms with Crippen LogP contribution in [0.25, 0.3) is 0 Å². The van der Waals surface area contributed by atoms with Gasteiger partial charge in [-0.2, -0.15) is 0 Å². The van der Waals surface area contributed by atoms with Crippen LogP contribution >= 0.6 is 0 Å². The van der Waals surface area contributed by atoms with E-state index in [1.165, 1.54) is 0 Å². The van der Waals surface area contributed by atoms with Gasteiger partial charge in [0.2, 0.25) is 0 Å². The molecule has 13 heavy (non-hydrogen) atoms. The molecule has 1 aromatic heterocycles. The molecule has 1 atom stereocenters. The molecule has 0 saturated carbocycles. The molecule has 1 rings (SSSR count). The summed E-state index contributed by atoms with van der Waals surface area (Å²) in [5, 5.41) is 11.3. The minimum absolute atomic E-state index is 0.165. The predicted octanol–water partition coefficient (Wildman–Crippen LogP) is 0.889. The maximum atomic E-state index is 8.39. The van der Waals surface area contributed by atoms with E-state index in [0.717, 1.165) is 5.82 Å². The number of aryl methyl sites for hydroxylation is 1. The van der Waals surface area contributed by atoms with Crippen molar-refractivity contribution >= 4 is 5.84 Å². The highest BCUT2D eigenvalue weighted by Gasteiger charge is 2.08. The van der Waals surface area contributed by atoms with Gasteiger partial charge in [-0.3, -0.25) is 0 Å². The summed E-state index contributed by atoms with van der Waals surface area (Å²) >= 11 is 0. The number of nitrogens with zero attached hydrogens (tertiary/aromatic N) is 3. The summed E-state index contributed by atoms with van der Waals surface area (Å²) in [5.74, 6) is 1.17. The average molecular weight is 182 g/mol. The second kappa shape index (κ2) is 3.93. The first-order valence-electron chi connectivity index (χ1n) is 4.11. The summed E-state index contributed by atoms with van der Waals surface area (Å²) in [6, 6.07) is 0.165. The second-order valence-electron chi connectivity index (χ2n) is 3.03. The number of hydrogen-bond acceptors (Lipinski definition) is 3. The number of imidazole rings is 1. The monoisotopic (exact) mass is 182 g/mol. The van der Waals surface area contributed by atoms with Crippen LogP contribution in [0.3, 0.4) is 0 Å². The summed E-state index contributed by atoms with van der Waals surface area (Å²) < 4.78 is 1.98. The maximum absolute atomic E-state index is 8.39. The Morgan fingerprint density at radius 2 is 2.54 bits per heavy atom.